The molecule has 3 aliphatic heterocycles. The maximum absolute atomic E-state index is 12.2. The standard InChI is InChI=1S/C14H25NO3.C11H19NO3.C4H8O.CH4.2H2S/c1-13(2,3)18-12(16)15-10-6-7-11(15)14(17)8-4-5-9-14;1-8(13)9-6-5-7-12(9)10(14)15-11(2,3)4;1-2-4-5-3-1;;;/h11,17H,4-10H2,1-3H3;9H,5-7H2,1-4H3;1-4H2;1H4;2*1H2/t11-;9-;;;;/m00..../s1. The van der Waals surface area contributed by atoms with E-state index in [0.29, 0.717) is 13.1 Å². The second-order valence-corrected chi connectivity index (χ2v) is 12.9. The maximum Gasteiger partial charge on any atom is 0.410 e. The molecule has 2 atom stereocenters. The fourth-order valence-electron chi connectivity index (χ4n) is 5.42. The molecule has 11 heteroatoms. The SMILES string of the molecule is C.C1CCOC1.CC(=O)[C@@H]1CCCN1C(=O)OC(C)(C)C.CC(C)(C)OC(=O)N1CCC[C@H]1C1(O)CCCC1.S.S. The molecule has 0 unspecified atom stereocenters. The van der Waals surface area contributed by atoms with Gasteiger partial charge in [-0.3, -0.25) is 9.69 Å². The molecular formula is C30H60N2O7S2. The number of ketones is 1. The molecule has 4 fully saturated rings. The van der Waals surface area contributed by atoms with E-state index in [4.69, 9.17) is 14.2 Å². The average molecular weight is 625 g/mol. The van der Waals surface area contributed by atoms with Crippen LogP contribution in [0.4, 0.5) is 9.59 Å². The van der Waals surface area contributed by atoms with Crippen LogP contribution in [0.5, 0.6) is 0 Å². The van der Waals surface area contributed by atoms with Crippen LogP contribution < -0.4 is 0 Å². The molecule has 0 spiro atoms. The minimum absolute atomic E-state index is 0. The summed E-state index contributed by atoms with van der Waals surface area (Å²) in [7, 11) is 0. The molecule has 9 nitrogen and oxygen atoms in total. The van der Waals surface area contributed by atoms with Gasteiger partial charge in [-0.1, -0.05) is 20.3 Å². The van der Waals surface area contributed by atoms with Crippen molar-refractivity contribution in [2.45, 2.75) is 149 Å². The first-order valence-electron chi connectivity index (χ1n) is 14.4. The van der Waals surface area contributed by atoms with Crippen LogP contribution in [0.2, 0.25) is 0 Å². The monoisotopic (exact) mass is 624 g/mol. The minimum Gasteiger partial charge on any atom is -0.444 e. The number of likely N-dealkylation sites (tertiary alicyclic amines) is 2. The topological polar surface area (TPSA) is 106 Å². The zero-order chi connectivity index (χ0) is 28.6. The summed E-state index contributed by atoms with van der Waals surface area (Å²) in [6.07, 6.45) is 9.17. The van der Waals surface area contributed by atoms with Gasteiger partial charge in [-0.2, -0.15) is 27.0 Å². The van der Waals surface area contributed by atoms with Crippen molar-refractivity contribution in [3.8, 4) is 0 Å². The van der Waals surface area contributed by atoms with Gasteiger partial charge < -0.3 is 24.2 Å². The molecule has 1 N–H and O–H groups in total. The zero-order valence-corrected chi connectivity index (χ0v) is 27.8. The Labute approximate surface area is 263 Å². The highest BCUT2D eigenvalue weighted by atomic mass is 32.1. The number of amides is 2. The number of Topliss-reactive ketones (excluding diaryl/α,β-unsaturated/α-hetero) is 1. The molecule has 3 heterocycles. The number of hydrogen-bond donors (Lipinski definition) is 1. The van der Waals surface area contributed by atoms with E-state index < -0.39 is 16.8 Å². The molecule has 2 amide bonds. The predicted octanol–water partition coefficient (Wildman–Crippen LogP) is 6.32. The predicted molar refractivity (Wildman–Crippen MR) is 174 cm³/mol. The van der Waals surface area contributed by atoms with Crippen LogP contribution in [0.25, 0.3) is 0 Å². The van der Waals surface area contributed by atoms with E-state index in [9.17, 15) is 19.5 Å². The molecule has 3 saturated heterocycles. The lowest BCUT2D eigenvalue weighted by molar-refractivity contribution is -0.121. The van der Waals surface area contributed by atoms with Gasteiger partial charge in [-0.05, 0) is 99.8 Å². The first-order valence-corrected chi connectivity index (χ1v) is 14.4. The summed E-state index contributed by atoms with van der Waals surface area (Å²) in [5.74, 6) is 0.0401. The second-order valence-electron chi connectivity index (χ2n) is 12.9. The number of nitrogens with zero attached hydrogens (tertiary/aromatic N) is 2. The molecular weight excluding hydrogens is 564 g/mol. The maximum atomic E-state index is 12.2. The third-order valence-electron chi connectivity index (χ3n) is 7.15. The lowest BCUT2D eigenvalue weighted by Crippen LogP contribution is -2.51. The van der Waals surface area contributed by atoms with E-state index in [1.165, 1.54) is 24.7 Å². The Hall–Kier alpha value is -1.17. The van der Waals surface area contributed by atoms with Crippen molar-refractivity contribution in [2.75, 3.05) is 26.3 Å². The van der Waals surface area contributed by atoms with Crippen molar-refractivity contribution in [2.24, 2.45) is 0 Å². The molecule has 244 valence electrons. The van der Waals surface area contributed by atoms with Gasteiger partial charge in [0.25, 0.3) is 0 Å². The first-order chi connectivity index (χ1) is 17.6. The number of ether oxygens (including phenoxy) is 3. The van der Waals surface area contributed by atoms with Crippen molar-refractivity contribution >= 4 is 45.0 Å². The van der Waals surface area contributed by atoms with Crippen LogP contribution in [-0.4, -0.2) is 88.1 Å². The van der Waals surface area contributed by atoms with Crippen molar-refractivity contribution in [3.05, 3.63) is 0 Å². The van der Waals surface area contributed by atoms with Crippen LogP contribution in [-0.2, 0) is 19.0 Å². The largest absolute Gasteiger partial charge is 0.444 e. The number of aliphatic hydroxyl groups is 1. The number of rotatable bonds is 2. The summed E-state index contributed by atoms with van der Waals surface area (Å²) in [5, 5.41) is 10.7. The van der Waals surface area contributed by atoms with Crippen LogP contribution >= 0.6 is 27.0 Å². The molecule has 4 rings (SSSR count). The van der Waals surface area contributed by atoms with Gasteiger partial charge in [0, 0.05) is 26.3 Å². The Bertz CT molecular complexity index is 781. The molecule has 41 heavy (non-hydrogen) atoms. The fraction of sp³-hybridized carbons (Fsp3) is 0.900. The molecule has 4 aliphatic rings. The average Bonchev–Trinajstić information content (AvgIpc) is 3.60. The van der Waals surface area contributed by atoms with E-state index in [1.54, 1.807) is 4.90 Å². The highest BCUT2D eigenvalue weighted by Crippen LogP contribution is 2.39. The Morgan fingerprint density at radius 3 is 1.61 bits per heavy atom. The van der Waals surface area contributed by atoms with Gasteiger partial charge in [-0.15, -0.1) is 0 Å². The Morgan fingerprint density at radius 1 is 0.756 bits per heavy atom. The molecule has 1 aliphatic carbocycles. The van der Waals surface area contributed by atoms with Crippen molar-refractivity contribution in [1.82, 2.24) is 9.80 Å². The molecule has 0 radical (unpaired) electrons. The summed E-state index contributed by atoms with van der Waals surface area (Å²) in [6, 6.07) is -0.324. The summed E-state index contributed by atoms with van der Waals surface area (Å²) < 4.78 is 15.6. The van der Waals surface area contributed by atoms with E-state index >= 15 is 0 Å². The molecule has 0 aromatic carbocycles. The van der Waals surface area contributed by atoms with Crippen molar-refractivity contribution in [3.63, 3.8) is 0 Å². The van der Waals surface area contributed by atoms with Crippen LogP contribution in [0.3, 0.4) is 0 Å². The first kappa shape index (κ1) is 42.0. The Morgan fingerprint density at radius 2 is 1.20 bits per heavy atom. The summed E-state index contributed by atoms with van der Waals surface area (Å²) in [5.41, 5.74) is -1.64. The lowest BCUT2D eigenvalue weighted by atomic mass is 9.90. The van der Waals surface area contributed by atoms with E-state index in [0.717, 1.165) is 64.6 Å². The van der Waals surface area contributed by atoms with Crippen molar-refractivity contribution in [1.29, 1.82) is 0 Å². The lowest BCUT2D eigenvalue weighted by Gasteiger charge is -2.37. The zero-order valence-electron chi connectivity index (χ0n) is 25.8. The van der Waals surface area contributed by atoms with Crippen LogP contribution in [0.15, 0.2) is 0 Å². The highest BCUT2D eigenvalue weighted by molar-refractivity contribution is 7.59. The van der Waals surface area contributed by atoms with Crippen LogP contribution in [0, 0.1) is 0 Å². The van der Waals surface area contributed by atoms with Gasteiger partial charge >= 0.3 is 12.2 Å². The van der Waals surface area contributed by atoms with Gasteiger partial charge in [0.2, 0.25) is 0 Å². The van der Waals surface area contributed by atoms with E-state index in [1.807, 2.05) is 41.5 Å². The molecule has 0 aromatic heterocycles. The summed E-state index contributed by atoms with van der Waals surface area (Å²) in [6.45, 7) is 16.0. The van der Waals surface area contributed by atoms with Gasteiger partial charge in [0.1, 0.15) is 11.2 Å². The van der Waals surface area contributed by atoms with Gasteiger partial charge in [0.15, 0.2) is 5.78 Å². The molecule has 1 saturated carbocycles. The van der Waals surface area contributed by atoms with Crippen LogP contribution in [0.1, 0.15) is 120 Å². The second kappa shape index (κ2) is 18.5. The Balaban J connectivity index is 0. The third kappa shape index (κ3) is 14.2. The van der Waals surface area contributed by atoms with E-state index in [-0.39, 0.29) is 64.5 Å². The Kier molecular flexibility index (Phi) is 18.9. The smallest absolute Gasteiger partial charge is 0.410 e. The van der Waals surface area contributed by atoms with E-state index in [2.05, 4.69) is 0 Å². The van der Waals surface area contributed by atoms with Crippen molar-refractivity contribution < 1.29 is 33.7 Å². The quantitative estimate of drug-likeness (QED) is 0.383. The minimum atomic E-state index is -0.673. The highest BCUT2D eigenvalue weighted by Gasteiger charge is 2.47. The van der Waals surface area contributed by atoms with Gasteiger partial charge in [0.05, 0.1) is 17.7 Å². The number of carbonyl (C=O) groups excluding carboxylic acids is 3. The fourth-order valence-corrected chi connectivity index (χ4v) is 5.42. The number of carbonyl (C=O) groups is 3. The number of hydrogen-bond acceptors (Lipinski definition) is 7. The summed E-state index contributed by atoms with van der Waals surface area (Å²) >= 11 is 0. The molecule has 0 aromatic rings. The molecule has 0 bridgehead atoms. The third-order valence-corrected chi connectivity index (χ3v) is 7.15. The normalized spacial score (nSPS) is 22.9. The van der Waals surface area contributed by atoms with Gasteiger partial charge in [-0.25, -0.2) is 9.59 Å². The summed E-state index contributed by atoms with van der Waals surface area (Å²) in [4.78, 5) is 38.4.